The molecule has 0 radical (unpaired) electrons. The van der Waals surface area contributed by atoms with E-state index in [2.05, 4.69) is 5.10 Å². The van der Waals surface area contributed by atoms with Gasteiger partial charge >= 0.3 is 11.7 Å². The van der Waals surface area contributed by atoms with Crippen LogP contribution in [0.2, 0.25) is 0 Å². The lowest BCUT2D eigenvalue weighted by molar-refractivity contribution is -0.385. The zero-order chi connectivity index (χ0) is 20.3. The maximum atomic E-state index is 13.1. The minimum atomic E-state index is -0.779. The quantitative estimate of drug-likeness (QED) is 0.278. The number of carbonyl (C=O) groups is 1. The van der Waals surface area contributed by atoms with Crippen molar-refractivity contribution < 1.29 is 23.6 Å². The molecule has 0 unspecified atom stereocenters. The summed E-state index contributed by atoms with van der Waals surface area (Å²) in [5, 5.41) is 15.4. The zero-order valence-electron chi connectivity index (χ0n) is 15.1. The summed E-state index contributed by atoms with van der Waals surface area (Å²) in [6, 6.07) is 9.56. The molecule has 28 heavy (non-hydrogen) atoms. The van der Waals surface area contributed by atoms with Crippen LogP contribution in [0.1, 0.15) is 23.0 Å². The van der Waals surface area contributed by atoms with Gasteiger partial charge in [-0.2, -0.15) is 5.10 Å². The fourth-order valence-corrected chi connectivity index (χ4v) is 2.70. The smallest absolute Gasteiger partial charge is 0.347 e. The summed E-state index contributed by atoms with van der Waals surface area (Å²) < 4.78 is 24.9. The molecule has 2 aromatic carbocycles. The highest BCUT2D eigenvalue weighted by molar-refractivity contribution is 5.92. The third kappa shape index (κ3) is 3.68. The molecule has 0 amide bonds. The van der Waals surface area contributed by atoms with Gasteiger partial charge < -0.3 is 9.47 Å². The minimum absolute atomic E-state index is 0.164. The fraction of sp³-hybridized carbons (Fsp3) is 0.158. The molecule has 1 heterocycles. The SMILES string of the molecule is CCc1c(C(=O)Oc2ccc(OC)cc2[N+](=O)[O-])cnn1-c1ccc(F)cc1. The summed E-state index contributed by atoms with van der Waals surface area (Å²) in [5.74, 6) is -1.10. The first kappa shape index (κ1) is 19.0. The Labute approximate surface area is 159 Å². The highest BCUT2D eigenvalue weighted by Gasteiger charge is 2.24. The number of hydrogen-bond donors (Lipinski definition) is 0. The average molecular weight is 385 g/mol. The molecule has 0 N–H and O–H groups in total. The number of nitrogens with zero attached hydrogens (tertiary/aromatic N) is 3. The first-order valence-corrected chi connectivity index (χ1v) is 8.32. The van der Waals surface area contributed by atoms with E-state index in [0.29, 0.717) is 17.8 Å². The third-order valence-electron chi connectivity index (χ3n) is 4.06. The number of benzene rings is 2. The molecule has 1 aromatic heterocycles. The number of esters is 1. The topological polar surface area (TPSA) is 96.5 Å². The maximum Gasteiger partial charge on any atom is 0.347 e. The van der Waals surface area contributed by atoms with Crippen molar-refractivity contribution in [1.82, 2.24) is 9.78 Å². The van der Waals surface area contributed by atoms with Crippen LogP contribution in [0.25, 0.3) is 5.69 Å². The molecule has 0 bridgehead atoms. The molecule has 9 heteroatoms. The Morgan fingerprint density at radius 1 is 1.25 bits per heavy atom. The summed E-state index contributed by atoms with van der Waals surface area (Å²) >= 11 is 0. The van der Waals surface area contributed by atoms with Crippen LogP contribution in [-0.4, -0.2) is 27.8 Å². The number of rotatable bonds is 6. The number of aromatic nitrogens is 2. The minimum Gasteiger partial charge on any atom is -0.496 e. The second-order valence-electron chi connectivity index (χ2n) is 5.73. The summed E-state index contributed by atoms with van der Waals surface area (Å²) in [6.45, 7) is 1.82. The van der Waals surface area contributed by atoms with Gasteiger partial charge in [0, 0.05) is 0 Å². The number of nitro benzene ring substituents is 1. The monoisotopic (exact) mass is 385 g/mol. The summed E-state index contributed by atoms with van der Waals surface area (Å²) in [6.07, 6.45) is 1.76. The van der Waals surface area contributed by atoms with Gasteiger partial charge in [0.15, 0.2) is 0 Å². The molecule has 0 spiro atoms. The normalized spacial score (nSPS) is 10.5. The predicted octanol–water partition coefficient (Wildman–Crippen LogP) is 3.71. The van der Waals surface area contributed by atoms with Gasteiger partial charge in [0.1, 0.15) is 17.1 Å². The molecule has 0 aliphatic rings. The third-order valence-corrected chi connectivity index (χ3v) is 4.06. The van der Waals surface area contributed by atoms with Crippen molar-refractivity contribution in [3.63, 3.8) is 0 Å². The van der Waals surface area contributed by atoms with Crippen LogP contribution < -0.4 is 9.47 Å². The van der Waals surface area contributed by atoms with Gasteiger partial charge in [-0.15, -0.1) is 0 Å². The summed E-state index contributed by atoms with van der Waals surface area (Å²) in [4.78, 5) is 23.2. The number of ether oxygens (including phenoxy) is 2. The number of nitro groups is 1. The molecule has 0 aliphatic carbocycles. The summed E-state index contributed by atoms with van der Waals surface area (Å²) in [7, 11) is 1.38. The van der Waals surface area contributed by atoms with Crippen LogP contribution >= 0.6 is 0 Å². The molecule has 0 saturated heterocycles. The fourth-order valence-electron chi connectivity index (χ4n) is 2.70. The lowest BCUT2D eigenvalue weighted by Crippen LogP contribution is -2.12. The summed E-state index contributed by atoms with van der Waals surface area (Å²) in [5.41, 5.74) is 0.883. The highest BCUT2D eigenvalue weighted by Crippen LogP contribution is 2.32. The Kier molecular flexibility index (Phi) is 5.35. The molecule has 3 rings (SSSR count). The standard InChI is InChI=1S/C19H16FN3O5/c1-3-16-15(11-21-22(16)13-6-4-12(20)5-7-13)19(24)28-18-9-8-14(27-2)10-17(18)23(25)26/h4-11H,3H2,1-2H3. The second-order valence-corrected chi connectivity index (χ2v) is 5.73. The van der Waals surface area contributed by atoms with E-state index in [9.17, 15) is 19.3 Å². The molecule has 8 nitrogen and oxygen atoms in total. The van der Waals surface area contributed by atoms with Gasteiger partial charge in [-0.1, -0.05) is 6.92 Å². The van der Waals surface area contributed by atoms with Crippen LogP contribution in [0.4, 0.5) is 10.1 Å². The highest BCUT2D eigenvalue weighted by atomic mass is 19.1. The molecule has 0 atom stereocenters. The zero-order valence-corrected chi connectivity index (χ0v) is 15.1. The Morgan fingerprint density at radius 2 is 1.96 bits per heavy atom. The van der Waals surface area contributed by atoms with Crippen molar-refractivity contribution in [3.8, 4) is 17.2 Å². The average Bonchev–Trinajstić information content (AvgIpc) is 3.12. The van der Waals surface area contributed by atoms with Gasteiger partial charge in [-0.3, -0.25) is 10.1 Å². The molecule has 144 valence electrons. The predicted molar refractivity (Wildman–Crippen MR) is 97.5 cm³/mol. The number of halogens is 1. The number of hydrogen-bond acceptors (Lipinski definition) is 6. The Balaban J connectivity index is 1.94. The molecule has 0 saturated carbocycles. The molecule has 0 fully saturated rings. The van der Waals surface area contributed by atoms with E-state index < -0.39 is 16.6 Å². The number of carbonyl (C=O) groups excluding carboxylic acids is 1. The molecular formula is C19H16FN3O5. The lowest BCUT2D eigenvalue weighted by atomic mass is 10.2. The maximum absolute atomic E-state index is 13.1. The van der Waals surface area contributed by atoms with Crippen molar-refractivity contribution in [2.75, 3.05) is 7.11 Å². The van der Waals surface area contributed by atoms with E-state index in [4.69, 9.17) is 9.47 Å². The molecule has 3 aromatic rings. The van der Waals surface area contributed by atoms with Crippen molar-refractivity contribution >= 4 is 11.7 Å². The van der Waals surface area contributed by atoms with Gasteiger partial charge in [0.2, 0.25) is 5.75 Å². The van der Waals surface area contributed by atoms with Crippen molar-refractivity contribution in [2.45, 2.75) is 13.3 Å². The van der Waals surface area contributed by atoms with Crippen LogP contribution in [0.15, 0.2) is 48.7 Å². The van der Waals surface area contributed by atoms with Crippen molar-refractivity contribution in [1.29, 1.82) is 0 Å². The van der Waals surface area contributed by atoms with Crippen LogP contribution in [0.3, 0.4) is 0 Å². The first-order chi connectivity index (χ1) is 13.4. The Hall–Kier alpha value is -3.75. The van der Waals surface area contributed by atoms with E-state index in [-0.39, 0.29) is 22.9 Å². The van der Waals surface area contributed by atoms with Gasteiger partial charge in [-0.05, 0) is 42.8 Å². The van der Waals surface area contributed by atoms with E-state index in [1.807, 2.05) is 6.92 Å². The Morgan fingerprint density at radius 3 is 2.57 bits per heavy atom. The molecule has 0 aliphatic heterocycles. The van der Waals surface area contributed by atoms with Crippen LogP contribution in [0.5, 0.6) is 11.5 Å². The van der Waals surface area contributed by atoms with Crippen LogP contribution in [-0.2, 0) is 6.42 Å². The first-order valence-electron chi connectivity index (χ1n) is 8.32. The van der Waals surface area contributed by atoms with E-state index in [1.165, 1.54) is 60.5 Å². The van der Waals surface area contributed by atoms with Crippen LogP contribution in [0, 0.1) is 15.9 Å². The largest absolute Gasteiger partial charge is 0.496 e. The second kappa shape index (κ2) is 7.87. The number of methoxy groups -OCH3 is 1. The van der Waals surface area contributed by atoms with E-state index >= 15 is 0 Å². The van der Waals surface area contributed by atoms with Gasteiger partial charge in [-0.25, -0.2) is 13.9 Å². The van der Waals surface area contributed by atoms with E-state index in [0.717, 1.165) is 0 Å². The van der Waals surface area contributed by atoms with Gasteiger partial charge in [0.05, 0.1) is 35.7 Å². The van der Waals surface area contributed by atoms with E-state index in [1.54, 1.807) is 0 Å². The lowest BCUT2D eigenvalue weighted by Gasteiger charge is -2.09. The van der Waals surface area contributed by atoms with Crippen molar-refractivity contribution in [3.05, 3.63) is 75.9 Å². The Bertz CT molecular complexity index is 1030. The van der Waals surface area contributed by atoms with Crippen molar-refractivity contribution in [2.24, 2.45) is 0 Å². The molecular weight excluding hydrogens is 369 g/mol. The van der Waals surface area contributed by atoms with Gasteiger partial charge in [0.25, 0.3) is 0 Å².